The second-order valence-corrected chi connectivity index (χ2v) is 3.98. The van der Waals surface area contributed by atoms with Gasteiger partial charge in [-0.25, -0.2) is 0 Å². The first-order valence-corrected chi connectivity index (χ1v) is 5.26. The molecule has 2 rings (SSSR count). The molecule has 2 aliphatic rings. The number of rotatable bonds is 2. The van der Waals surface area contributed by atoms with Crippen LogP contribution in [0.15, 0.2) is 0 Å². The SMILES string of the molecule is COC(=O)[C@H]1CC[C@@H](C2CCCO2)N1. The van der Waals surface area contributed by atoms with Gasteiger partial charge >= 0.3 is 5.97 Å². The van der Waals surface area contributed by atoms with Gasteiger partial charge in [-0.1, -0.05) is 0 Å². The summed E-state index contributed by atoms with van der Waals surface area (Å²) in [6.45, 7) is 0.867. The zero-order valence-corrected chi connectivity index (χ0v) is 8.49. The van der Waals surface area contributed by atoms with Crippen LogP contribution >= 0.6 is 0 Å². The van der Waals surface area contributed by atoms with Gasteiger partial charge in [0.25, 0.3) is 0 Å². The highest BCUT2D eigenvalue weighted by Gasteiger charge is 2.35. The zero-order valence-electron chi connectivity index (χ0n) is 8.49. The second-order valence-electron chi connectivity index (χ2n) is 3.98. The van der Waals surface area contributed by atoms with Crippen LogP contribution in [-0.2, 0) is 14.3 Å². The molecule has 4 nitrogen and oxygen atoms in total. The van der Waals surface area contributed by atoms with Crippen molar-refractivity contribution in [3.63, 3.8) is 0 Å². The van der Waals surface area contributed by atoms with Crippen molar-refractivity contribution < 1.29 is 14.3 Å². The maximum Gasteiger partial charge on any atom is 0.322 e. The molecule has 0 radical (unpaired) electrons. The van der Waals surface area contributed by atoms with Crippen molar-refractivity contribution in [2.45, 2.75) is 43.9 Å². The molecule has 1 unspecified atom stereocenters. The van der Waals surface area contributed by atoms with Gasteiger partial charge in [0.15, 0.2) is 0 Å². The highest BCUT2D eigenvalue weighted by atomic mass is 16.5. The molecule has 2 heterocycles. The van der Waals surface area contributed by atoms with Gasteiger partial charge in [0.1, 0.15) is 6.04 Å². The Balaban J connectivity index is 1.84. The molecule has 2 saturated heterocycles. The quantitative estimate of drug-likeness (QED) is 0.656. The normalized spacial score (nSPS) is 37.4. The van der Waals surface area contributed by atoms with Crippen LogP contribution in [0.5, 0.6) is 0 Å². The van der Waals surface area contributed by atoms with E-state index >= 15 is 0 Å². The van der Waals surface area contributed by atoms with Crippen LogP contribution in [0.25, 0.3) is 0 Å². The summed E-state index contributed by atoms with van der Waals surface area (Å²) in [5, 5.41) is 3.28. The lowest BCUT2D eigenvalue weighted by atomic mass is 10.1. The molecular weight excluding hydrogens is 182 g/mol. The van der Waals surface area contributed by atoms with Gasteiger partial charge in [-0.05, 0) is 25.7 Å². The maximum atomic E-state index is 11.2. The maximum absolute atomic E-state index is 11.2. The molecule has 0 aromatic rings. The van der Waals surface area contributed by atoms with Crippen molar-refractivity contribution in [2.75, 3.05) is 13.7 Å². The molecule has 0 spiro atoms. The third-order valence-corrected chi connectivity index (χ3v) is 3.08. The van der Waals surface area contributed by atoms with E-state index < -0.39 is 0 Å². The Morgan fingerprint density at radius 3 is 2.93 bits per heavy atom. The van der Waals surface area contributed by atoms with Crippen molar-refractivity contribution in [3.05, 3.63) is 0 Å². The average Bonchev–Trinajstić information content (AvgIpc) is 2.86. The van der Waals surface area contributed by atoms with Crippen LogP contribution in [0, 0.1) is 0 Å². The largest absolute Gasteiger partial charge is 0.468 e. The Bertz CT molecular complexity index is 213. The van der Waals surface area contributed by atoms with E-state index in [4.69, 9.17) is 9.47 Å². The topological polar surface area (TPSA) is 47.6 Å². The van der Waals surface area contributed by atoms with Crippen LogP contribution in [0.2, 0.25) is 0 Å². The van der Waals surface area contributed by atoms with Crippen molar-refractivity contribution >= 4 is 5.97 Å². The Morgan fingerprint density at radius 1 is 1.43 bits per heavy atom. The first-order valence-electron chi connectivity index (χ1n) is 5.26. The standard InChI is InChI=1S/C10H17NO3/c1-13-10(12)8-5-4-7(11-8)9-3-2-6-14-9/h7-9,11H,2-6H2,1H3/t7-,8+,9?/m0/s1. The number of esters is 1. The molecule has 0 amide bonds. The summed E-state index contributed by atoms with van der Waals surface area (Å²) >= 11 is 0. The number of nitrogens with one attached hydrogen (secondary N) is 1. The van der Waals surface area contributed by atoms with Crippen molar-refractivity contribution in [2.24, 2.45) is 0 Å². The third kappa shape index (κ3) is 1.91. The molecule has 2 fully saturated rings. The highest BCUT2D eigenvalue weighted by molar-refractivity contribution is 5.76. The van der Waals surface area contributed by atoms with E-state index in [1.807, 2.05) is 0 Å². The van der Waals surface area contributed by atoms with Gasteiger partial charge in [0, 0.05) is 12.6 Å². The Labute approximate surface area is 84.0 Å². The lowest BCUT2D eigenvalue weighted by Gasteiger charge is -2.18. The first-order chi connectivity index (χ1) is 6.81. The van der Waals surface area contributed by atoms with Gasteiger partial charge in [0.2, 0.25) is 0 Å². The minimum Gasteiger partial charge on any atom is -0.468 e. The molecule has 0 bridgehead atoms. The average molecular weight is 199 g/mol. The number of carbonyl (C=O) groups excluding carboxylic acids is 1. The molecule has 0 aromatic carbocycles. The number of hydrogen-bond donors (Lipinski definition) is 1. The van der Waals surface area contributed by atoms with Gasteiger partial charge < -0.3 is 9.47 Å². The fourth-order valence-electron chi connectivity index (χ4n) is 2.31. The minimum absolute atomic E-state index is 0.116. The molecule has 0 saturated carbocycles. The third-order valence-electron chi connectivity index (χ3n) is 3.08. The van der Waals surface area contributed by atoms with Gasteiger partial charge in [0.05, 0.1) is 13.2 Å². The van der Waals surface area contributed by atoms with E-state index in [2.05, 4.69) is 5.32 Å². The van der Waals surface area contributed by atoms with Crippen molar-refractivity contribution in [1.82, 2.24) is 5.32 Å². The van der Waals surface area contributed by atoms with E-state index in [0.29, 0.717) is 12.1 Å². The van der Waals surface area contributed by atoms with Crippen LogP contribution in [0.4, 0.5) is 0 Å². The summed E-state index contributed by atoms with van der Waals surface area (Å²) in [6, 6.07) is 0.232. The van der Waals surface area contributed by atoms with Gasteiger partial charge in [-0.3, -0.25) is 10.1 Å². The smallest absolute Gasteiger partial charge is 0.322 e. The van der Waals surface area contributed by atoms with E-state index in [-0.39, 0.29) is 12.0 Å². The van der Waals surface area contributed by atoms with Gasteiger partial charge in [-0.15, -0.1) is 0 Å². The number of methoxy groups -OCH3 is 1. The summed E-state index contributed by atoms with van der Waals surface area (Å²) in [7, 11) is 1.43. The minimum atomic E-state index is -0.148. The predicted molar refractivity (Wildman–Crippen MR) is 50.9 cm³/mol. The molecule has 14 heavy (non-hydrogen) atoms. The monoisotopic (exact) mass is 199 g/mol. The van der Waals surface area contributed by atoms with Crippen molar-refractivity contribution in [3.8, 4) is 0 Å². The van der Waals surface area contributed by atoms with E-state index in [1.54, 1.807) is 0 Å². The number of hydrogen-bond acceptors (Lipinski definition) is 4. The lowest BCUT2D eigenvalue weighted by molar-refractivity contribution is -0.142. The van der Waals surface area contributed by atoms with Gasteiger partial charge in [-0.2, -0.15) is 0 Å². The second kappa shape index (κ2) is 4.28. The summed E-state index contributed by atoms with van der Waals surface area (Å²) in [6.07, 6.45) is 4.46. The predicted octanol–water partition coefficient (Wildman–Crippen LogP) is 0.459. The summed E-state index contributed by atoms with van der Waals surface area (Å²) in [5.41, 5.74) is 0. The first kappa shape index (κ1) is 9.93. The lowest BCUT2D eigenvalue weighted by Crippen LogP contribution is -2.41. The summed E-state index contributed by atoms with van der Waals surface area (Å²) in [5.74, 6) is -0.148. The summed E-state index contributed by atoms with van der Waals surface area (Å²) < 4.78 is 10.3. The molecule has 0 aliphatic carbocycles. The Morgan fingerprint density at radius 2 is 2.29 bits per heavy atom. The number of carbonyl (C=O) groups is 1. The van der Waals surface area contributed by atoms with E-state index in [0.717, 1.165) is 32.3 Å². The molecule has 80 valence electrons. The van der Waals surface area contributed by atoms with E-state index in [1.165, 1.54) is 7.11 Å². The fourth-order valence-corrected chi connectivity index (χ4v) is 2.31. The van der Waals surface area contributed by atoms with E-state index in [9.17, 15) is 4.79 Å². The molecule has 3 atom stereocenters. The zero-order chi connectivity index (χ0) is 9.97. The Hall–Kier alpha value is -0.610. The van der Waals surface area contributed by atoms with Crippen LogP contribution in [0.3, 0.4) is 0 Å². The van der Waals surface area contributed by atoms with Crippen molar-refractivity contribution in [1.29, 1.82) is 0 Å². The fraction of sp³-hybridized carbons (Fsp3) is 0.900. The summed E-state index contributed by atoms with van der Waals surface area (Å²) in [4.78, 5) is 11.2. The molecule has 4 heteroatoms. The molecular formula is C10H17NO3. The molecule has 2 aliphatic heterocycles. The van der Waals surface area contributed by atoms with Crippen LogP contribution in [-0.4, -0.2) is 37.9 Å². The number of ether oxygens (including phenoxy) is 2. The highest BCUT2D eigenvalue weighted by Crippen LogP contribution is 2.24. The van der Waals surface area contributed by atoms with Crippen LogP contribution in [0.1, 0.15) is 25.7 Å². The van der Waals surface area contributed by atoms with Crippen LogP contribution < -0.4 is 5.32 Å². The molecule has 1 N–H and O–H groups in total. The molecule has 0 aromatic heterocycles. The Kier molecular flexibility index (Phi) is 3.03.